The van der Waals surface area contributed by atoms with Crippen molar-refractivity contribution in [2.75, 3.05) is 39.4 Å². The summed E-state index contributed by atoms with van der Waals surface area (Å²) >= 11 is 0. The minimum atomic E-state index is -0.531. The van der Waals surface area contributed by atoms with Crippen LogP contribution in [0, 0.1) is 34.5 Å². The largest absolute Gasteiger partial charge is 0.392 e. The van der Waals surface area contributed by atoms with Gasteiger partial charge in [0.2, 0.25) is 11.8 Å². The second kappa shape index (κ2) is 11.3. The molecular weight excluding hydrogens is 430 g/mol. The fourth-order valence-corrected chi connectivity index (χ4v) is 6.75. The van der Waals surface area contributed by atoms with Gasteiger partial charge in [0.25, 0.3) is 0 Å². The number of nitrogens with one attached hydrogen (secondary N) is 2. The number of carbonyl (C=O) groups is 2. The predicted octanol–water partition coefficient (Wildman–Crippen LogP) is 2.82. The second-order valence-corrected chi connectivity index (χ2v) is 12.7. The molecule has 196 valence electrons. The van der Waals surface area contributed by atoms with E-state index in [-0.39, 0.29) is 52.4 Å². The monoisotopic (exact) mass is 479 g/mol. The first-order valence-electron chi connectivity index (χ1n) is 13.5. The fourth-order valence-electron chi connectivity index (χ4n) is 6.75. The van der Waals surface area contributed by atoms with Crippen LogP contribution in [-0.2, 0) is 14.3 Å². The summed E-state index contributed by atoms with van der Waals surface area (Å²) in [7, 11) is 0. The number of carbonyl (C=O) groups excluding carboxylic acids is 2. The van der Waals surface area contributed by atoms with Gasteiger partial charge < -0.3 is 20.5 Å². The highest BCUT2D eigenvalue weighted by molar-refractivity contribution is 5.78. The third kappa shape index (κ3) is 6.73. The highest BCUT2D eigenvalue weighted by atomic mass is 16.5. The Balaban J connectivity index is 1.58. The van der Waals surface area contributed by atoms with Crippen molar-refractivity contribution in [1.82, 2.24) is 15.5 Å². The van der Waals surface area contributed by atoms with Crippen molar-refractivity contribution >= 4 is 11.8 Å². The van der Waals surface area contributed by atoms with Gasteiger partial charge in [-0.25, -0.2) is 0 Å². The molecule has 3 fully saturated rings. The van der Waals surface area contributed by atoms with Gasteiger partial charge in [-0.3, -0.25) is 14.5 Å². The molecule has 2 aliphatic carbocycles. The molecule has 2 amide bonds. The number of hydrogen-bond donors (Lipinski definition) is 3. The van der Waals surface area contributed by atoms with E-state index in [1.54, 1.807) is 0 Å². The summed E-state index contributed by atoms with van der Waals surface area (Å²) in [6.07, 6.45) is 3.84. The lowest BCUT2D eigenvalue weighted by Crippen LogP contribution is -2.58. The van der Waals surface area contributed by atoms with E-state index in [1.807, 2.05) is 6.92 Å². The number of aliphatic hydroxyl groups is 1. The molecular formula is C27H49N3O4. The van der Waals surface area contributed by atoms with Gasteiger partial charge in [-0.1, -0.05) is 41.5 Å². The number of morpholine rings is 1. The minimum absolute atomic E-state index is 0.0411. The molecule has 7 atom stereocenters. The maximum atomic E-state index is 13.0. The molecule has 0 bridgehead atoms. The van der Waals surface area contributed by atoms with Crippen LogP contribution in [0.15, 0.2) is 0 Å². The first-order valence-corrected chi connectivity index (χ1v) is 13.5. The van der Waals surface area contributed by atoms with Gasteiger partial charge in [0.05, 0.1) is 19.3 Å². The zero-order valence-electron chi connectivity index (χ0n) is 22.4. The standard InChI is InChI=1S/C27H49N3O4/c1-18(25(33)28-11-12-30-13-15-34-16-14-30)20-7-9-27(6)10-8-21(19(2)23(27)24(20)32)29-22(31)17-26(3,4)5/h18-21,23-24,32H,7-17H2,1-6H3,(H,28,33)(H,29,31)/t18-,19+,20+,21-,23+,24-,27-/m0/s1. The Kier molecular flexibility index (Phi) is 9.07. The third-order valence-corrected chi connectivity index (χ3v) is 8.81. The Labute approximate surface area is 206 Å². The van der Waals surface area contributed by atoms with E-state index in [2.05, 4.69) is 50.2 Å². The molecule has 1 heterocycles. The molecule has 7 heteroatoms. The van der Waals surface area contributed by atoms with Gasteiger partial charge in [0.15, 0.2) is 0 Å². The lowest BCUT2D eigenvalue weighted by Gasteiger charge is -2.56. The summed E-state index contributed by atoms with van der Waals surface area (Å²) in [5.74, 6) is 0.128. The number of amides is 2. The van der Waals surface area contributed by atoms with Gasteiger partial charge in [-0.05, 0) is 54.3 Å². The molecule has 3 rings (SSSR count). The van der Waals surface area contributed by atoms with E-state index < -0.39 is 6.10 Å². The topological polar surface area (TPSA) is 90.9 Å². The van der Waals surface area contributed by atoms with Crippen molar-refractivity contribution in [2.24, 2.45) is 34.5 Å². The van der Waals surface area contributed by atoms with E-state index in [0.717, 1.165) is 58.5 Å². The van der Waals surface area contributed by atoms with Gasteiger partial charge in [0, 0.05) is 44.6 Å². The van der Waals surface area contributed by atoms with E-state index in [0.29, 0.717) is 13.0 Å². The van der Waals surface area contributed by atoms with E-state index >= 15 is 0 Å². The van der Waals surface area contributed by atoms with Crippen molar-refractivity contribution < 1.29 is 19.4 Å². The Morgan fingerprint density at radius 2 is 1.82 bits per heavy atom. The lowest BCUT2D eigenvalue weighted by molar-refractivity contribution is -0.144. The Morgan fingerprint density at radius 3 is 2.47 bits per heavy atom. The van der Waals surface area contributed by atoms with Gasteiger partial charge in [-0.15, -0.1) is 0 Å². The maximum Gasteiger partial charge on any atom is 0.223 e. The molecule has 0 unspecified atom stereocenters. The Morgan fingerprint density at radius 1 is 1.18 bits per heavy atom. The number of fused-ring (bicyclic) bond motifs is 1. The second-order valence-electron chi connectivity index (χ2n) is 12.7. The summed E-state index contributed by atoms with van der Waals surface area (Å²) < 4.78 is 5.39. The SMILES string of the molecule is C[C@H]1[C@@H]2[C@@H](O)[C@@H]([C@H](C)C(=O)NCCN3CCOCC3)CC[C@@]2(C)CC[C@@H]1NC(=O)CC(C)(C)C. The maximum absolute atomic E-state index is 13.0. The van der Waals surface area contributed by atoms with Gasteiger partial charge in [-0.2, -0.15) is 0 Å². The number of nitrogens with zero attached hydrogens (tertiary/aromatic N) is 1. The van der Waals surface area contributed by atoms with Crippen LogP contribution in [-0.4, -0.2) is 73.4 Å². The molecule has 0 aromatic carbocycles. The van der Waals surface area contributed by atoms with Crippen molar-refractivity contribution in [3.63, 3.8) is 0 Å². The third-order valence-electron chi connectivity index (χ3n) is 8.81. The average molecular weight is 480 g/mol. The normalized spacial score (nSPS) is 35.8. The predicted molar refractivity (Wildman–Crippen MR) is 134 cm³/mol. The van der Waals surface area contributed by atoms with Gasteiger partial charge >= 0.3 is 0 Å². The molecule has 3 N–H and O–H groups in total. The van der Waals surface area contributed by atoms with Crippen LogP contribution >= 0.6 is 0 Å². The average Bonchev–Trinajstić information content (AvgIpc) is 2.75. The molecule has 34 heavy (non-hydrogen) atoms. The zero-order chi connectivity index (χ0) is 25.1. The van der Waals surface area contributed by atoms with Crippen LogP contribution in [0.3, 0.4) is 0 Å². The summed E-state index contributed by atoms with van der Waals surface area (Å²) in [6.45, 7) is 17.5. The first kappa shape index (κ1) is 27.4. The van der Waals surface area contributed by atoms with Crippen molar-refractivity contribution in [3.05, 3.63) is 0 Å². The van der Waals surface area contributed by atoms with Crippen molar-refractivity contribution in [3.8, 4) is 0 Å². The van der Waals surface area contributed by atoms with Crippen molar-refractivity contribution in [1.29, 1.82) is 0 Å². The molecule has 3 aliphatic rings. The van der Waals surface area contributed by atoms with E-state index in [9.17, 15) is 14.7 Å². The Hall–Kier alpha value is -1.18. The highest BCUT2D eigenvalue weighted by Gasteiger charge is 2.53. The molecule has 0 radical (unpaired) electrons. The molecule has 1 saturated heterocycles. The van der Waals surface area contributed by atoms with Crippen molar-refractivity contribution in [2.45, 2.75) is 85.8 Å². The molecule has 2 saturated carbocycles. The number of aliphatic hydroxyl groups excluding tert-OH is 1. The van der Waals surface area contributed by atoms with Crippen LogP contribution < -0.4 is 10.6 Å². The minimum Gasteiger partial charge on any atom is -0.392 e. The molecule has 7 nitrogen and oxygen atoms in total. The van der Waals surface area contributed by atoms with E-state index in [4.69, 9.17) is 4.74 Å². The molecule has 0 aromatic heterocycles. The molecule has 0 aromatic rings. The summed E-state index contributed by atoms with van der Waals surface area (Å²) in [6, 6.07) is 0.0824. The van der Waals surface area contributed by atoms with Crippen LogP contribution in [0.1, 0.15) is 73.6 Å². The first-order chi connectivity index (χ1) is 15.9. The number of hydrogen-bond acceptors (Lipinski definition) is 5. The van der Waals surface area contributed by atoms with Crippen LogP contribution in [0.4, 0.5) is 0 Å². The number of rotatable bonds is 7. The summed E-state index contributed by atoms with van der Waals surface area (Å²) in [4.78, 5) is 27.9. The van der Waals surface area contributed by atoms with Gasteiger partial charge in [0.1, 0.15) is 0 Å². The molecule has 0 spiro atoms. The van der Waals surface area contributed by atoms with Crippen LogP contribution in [0.2, 0.25) is 0 Å². The number of ether oxygens (including phenoxy) is 1. The fraction of sp³-hybridized carbons (Fsp3) is 0.926. The highest BCUT2D eigenvalue weighted by Crippen LogP contribution is 2.55. The van der Waals surface area contributed by atoms with Crippen LogP contribution in [0.25, 0.3) is 0 Å². The van der Waals surface area contributed by atoms with E-state index in [1.165, 1.54) is 0 Å². The smallest absolute Gasteiger partial charge is 0.223 e. The molecule has 1 aliphatic heterocycles. The zero-order valence-corrected chi connectivity index (χ0v) is 22.4. The van der Waals surface area contributed by atoms with Crippen LogP contribution in [0.5, 0.6) is 0 Å². The quantitative estimate of drug-likeness (QED) is 0.522. The summed E-state index contributed by atoms with van der Waals surface area (Å²) in [5, 5.41) is 18.0. The Bertz CT molecular complexity index is 702. The summed E-state index contributed by atoms with van der Waals surface area (Å²) in [5.41, 5.74) is 0.0175. The lowest BCUT2D eigenvalue weighted by atomic mass is 9.51.